The minimum Gasteiger partial charge on any atom is -0.507 e. The summed E-state index contributed by atoms with van der Waals surface area (Å²) in [5.41, 5.74) is 1.32. The summed E-state index contributed by atoms with van der Waals surface area (Å²) in [5, 5.41) is 14.3. The van der Waals surface area contributed by atoms with E-state index in [0.717, 1.165) is 5.39 Å². The van der Waals surface area contributed by atoms with Gasteiger partial charge in [-0.2, -0.15) is 4.68 Å². The number of phenols is 1. The number of rotatable bonds is 1. The fourth-order valence-corrected chi connectivity index (χ4v) is 2.07. The average molecular weight is 212 g/mol. The molecule has 0 bridgehead atoms. The number of para-hydroxylation sites is 1. The Morgan fingerprint density at radius 2 is 1.75 bits per heavy atom. The van der Waals surface area contributed by atoms with E-state index in [1.165, 1.54) is 4.68 Å². The molecule has 0 spiro atoms. The lowest BCUT2D eigenvalue weighted by Crippen LogP contribution is -1.84. The van der Waals surface area contributed by atoms with Crippen LogP contribution < -0.4 is 0 Å². The zero-order chi connectivity index (χ0) is 11.1. The summed E-state index contributed by atoms with van der Waals surface area (Å²) < 4.78 is 1.30. The highest BCUT2D eigenvalue weighted by Crippen LogP contribution is 2.34. The molecule has 0 fully saturated rings. The number of aromatic nitrogens is 1. The molecule has 0 radical (unpaired) electrons. The van der Waals surface area contributed by atoms with E-state index in [0.29, 0.717) is 16.4 Å². The van der Waals surface area contributed by atoms with Crippen LogP contribution in [-0.4, -0.2) is 9.78 Å². The second-order valence-electron chi connectivity index (χ2n) is 3.58. The fraction of sp³-hybridized carbons (Fsp3) is 0. The van der Waals surface area contributed by atoms with Gasteiger partial charge in [-0.3, -0.25) is 0 Å². The van der Waals surface area contributed by atoms with Gasteiger partial charge in [0.25, 0.3) is 0 Å². The minimum absolute atomic E-state index is 0.163. The Hall–Kier alpha value is -2.36. The first kappa shape index (κ1) is 8.91. The molecule has 0 unspecified atom stereocenters. The second kappa shape index (κ2) is 3.06. The lowest BCUT2D eigenvalue weighted by Gasteiger charge is -1.94. The molecule has 0 amide bonds. The van der Waals surface area contributed by atoms with E-state index < -0.39 is 0 Å². The van der Waals surface area contributed by atoms with Gasteiger partial charge in [0, 0.05) is 5.39 Å². The number of aromatic hydroxyl groups is 1. The molecule has 0 aliphatic heterocycles. The molecule has 0 aliphatic carbocycles. The van der Waals surface area contributed by atoms with Gasteiger partial charge < -0.3 is 5.11 Å². The maximum absolute atomic E-state index is 10.8. The van der Waals surface area contributed by atoms with Crippen LogP contribution in [0.2, 0.25) is 0 Å². The number of nitrogens with zero attached hydrogens (tertiary/aromatic N) is 2. The third-order valence-electron chi connectivity index (χ3n) is 2.73. The fourth-order valence-electron chi connectivity index (χ4n) is 2.07. The normalized spacial score (nSPS) is 11.0. The van der Waals surface area contributed by atoms with Crippen molar-refractivity contribution in [3.63, 3.8) is 0 Å². The average Bonchev–Trinajstić information content (AvgIpc) is 2.64. The maximum atomic E-state index is 10.8. The third kappa shape index (κ3) is 0.982. The molecule has 0 aliphatic rings. The van der Waals surface area contributed by atoms with Crippen LogP contribution in [0.25, 0.3) is 21.8 Å². The van der Waals surface area contributed by atoms with Gasteiger partial charge in [0.2, 0.25) is 0 Å². The number of benzene rings is 2. The number of hydrogen-bond donors (Lipinski definition) is 1. The molecule has 1 N–H and O–H groups in total. The first-order chi connectivity index (χ1) is 7.83. The minimum atomic E-state index is 0.163. The summed E-state index contributed by atoms with van der Waals surface area (Å²) in [6.45, 7) is 0. The van der Waals surface area contributed by atoms with Crippen LogP contribution in [0, 0.1) is 4.91 Å². The van der Waals surface area contributed by atoms with Gasteiger partial charge in [-0.15, -0.1) is 4.91 Å². The van der Waals surface area contributed by atoms with Gasteiger partial charge in [0.15, 0.2) is 0 Å². The van der Waals surface area contributed by atoms with Crippen LogP contribution in [0.15, 0.2) is 47.8 Å². The summed E-state index contributed by atoms with van der Waals surface area (Å²) in [5.74, 6) is 0.163. The first-order valence-corrected chi connectivity index (χ1v) is 4.87. The standard InChI is InChI=1S/C12H8N2O2/c15-11-7-3-6-10-12(11)8-4-1-2-5-9(8)14(10)13-16/h1-7,15H. The van der Waals surface area contributed by atoms with Crippen LogP contribution >= 0.6 is 0 Å². The van der Waals surface area contributed by atoms with Crippen LogP contribution in [0.4, 0.5) is 0 Å². The maximum Gasteiger partial charge on any atom is 0.125 e. The summed E-state index contributed by atoms with van der Waals surface area (Å²) in [7, 11) is 0. The van der Waals surface area contributed by atoms with E-state index in [-0.39, 0.29) is 5.75 Å². The highest BCUT2D eigenvalue weighted by atomic mass is 16.3. The van der Waals surface area contributed by atoms with Gasteiger partial charge in [-0.1, -0.05) is 24.3 Å². The van der Waals surface area contributed by atoms with Crippen molar-refractivity contribution in [2.75, 3.05) is 0 Å². The van der Waals surface area contributed by atoms with E-state index in [1.54, 1.807) is 24.3 Å². The SMILES string of the molecule is O=Nn1c2ccccc2c2c(O)cccc21. The Labute approximate surface area is 90.7 Å². The van der Waals surface area contributed by atoms with Crippen molar-refractivity contribution in [3.05, 3.63) is 47.4 Å². The molecular formula is C12H8N2O2. The molecule has 2 aromatic carbocycles. The lowest BCUT2D eigenvalue weighted by molar-refractivity contribution is 0.482. The van der Waals surface area contributed by atoms with E-state index in [4.69, 9.17) is 0 Å². The molecule has 0 saturated carbocycles. The second-order valence-corrected chi connectivity index (χ2v) is 3.58. The largest absolute Gasteiger partial charge is 0.507 e. The molecule has 16 heavy (non-hydrogen) atoms. The Bertz CT molecular complexity index is 701. The van der Waals surface area contributed by atoms with Crippen molar-refractivity contribution >= 4 is 21.8 Å². The Kier molecular flexibility index (Phi) is 1.71. The van der Waals surface area contributed by atoms with Crippen molar-refractivity contribution in [2.45, 2.75) is 0 Å². The molecule has 3 rings (SSSR count). The first-order valence-electron chi connectivity index (χ1n) is 4.87. The van der Waals surface area contributed by atoms with Gasteiger partial charge in [-0.05, 0) is 18.2 Å². The predicted octanol–water partition coefficient (Wildman–Crippen LogP) is 3.03. The Morgan fingerprint density at radius 3 is 2.56 bits per heavy atom. The van der Waals surface area contributed by atoms with E-state index in [9.17, 15) is 10.0 Å². The summed E-state index contributed by atoms with van der Waals surface area (Å²) in [4.78, 5) is 10.8. The molecule has 1 aromatic heterocycles. The molecule has 0 saturated heterocycles. The van der Waals surface area contributed by atoms with Crippen molar-refractivity contribution < 1.29 is 5.11 Å². The smallest absolute Gasteiger partial charge is 0.125 e. The highest BCUT2D eigenvalue weighted by molar-refractivity contribution is 6.10. The predicted molar refractivity (Wildman–Crippen MR) is 62.3 cm³/mol. The summed E-state index contributed by atoms with van der Waals surface area (Å²) in [6.07, 6.45) is 0. The molecule has 4 nitrogen and oxygen atoms in total. The zero-order valence-electron chi connectivity index (χ0n) is 8.29. The molecule has 1 heterocycles. The number of fused-ring (bicyclic) bond motifs is 3. The molecule has 78 valence electrons. The Balaban J connectivity index is 2.70. The van der Waals surface area contributed by atoms with Crippen LogP contribution in [0.1, 0.15) is 0 Å². The van der Waals surface area contributed by atoms with Crippen LogP contribution in [-0.2, 0) is 0 Å². The van der Waals surface area contributed by atoms with Gasteiger partial charge in [-0.25, -0.2) is 0 Å². The monoisotopic (exact) mass is 212 g/mol. The molecular weight excluding hydrogens is 204 g/mol. The zero-order valence-corrected chi connectivity index (χ0v) is 8.29. The Morgan fingerprint density at radius 1 is 1.00 bits per heavy atom. The molecule has 4 heteroatoms. The highest BCUT2D eigenvalue weighted by Gasteiger charge is 2.12. The third-order valence-corrected chi connectivity index (χ3v) is 2.73. The van der Waals surface area contributed by atoms with Crippen LogP contribution in [0.3, 0.4) is 0 Å². The molecule has 3 aromatic rings. The molecule has 0 atom stereocenters. The van der Waals surface area contributed by atoms with Gasteiger partial charge >= 0.3 is 0 Å². The lowest BCUT2D eigenvalue weighted by atomic mass is 10.1. The van der Waals surface area contributed by atoms with Crippen molar-refractivity contribution in [1.82, 2.24) is 4.68 Å². The quantitative estimate of drug-likeness (QED) is 0.630. The topological polar surface area (TPSA) is 54.6 Å². The van der Waals surface area contributed by atoms with Gasteiger partial charge in [0.05, 0.1) is 21.7 Å². The van der Waals surface area contributed by atoms with Crippen LogP contribution in [0.5, 0.6) is 5.75 Å². The van der Waals surface area contributed by atoms with E-state index in [2.05, 4.69) is 5.29 Å². The number of phenolic OH excluding ortho intramolecular Hbond substituents is 1. The summed E-state index contributed by atoms with van der Waals surface area (Å²) in [6, 6.07) is 12.4. The van der Waals surface area contributed by atoms with E-state index in [1.807, 2.05) is 18.2 Å². The van der Waals surface area contributed by atoms with Crippen molar-refractivity contribution in [2.24, 2.45) is 5.29 Å². The van der Waals surface area contributed by atoms with Gasteiger partial charge in [0.1, 0.15) is 5.75 Å². The number of nitroso groups, excluding NO2 is 1. The van der Waals surface area contributed by atoms with E-state index >= 15 is 0 Å². The van der Waals surface area contributed by atoms with Crippen molar-refractivity contribution in [3.8, 4) is 5.75 Å². The number of hydrogen-bond acceptors (Lipinski definition) is 3. The summed E-state index contributed by atoms with van der Waals surface area (Å²) >= 11 is 0. The van der Waals surface area contributed by atoms with Crippen molar-refractivity contribution in [1.29, 1.82) is 0 Å².